The summed E-state index contributed by atoms with van der Waals surface area (Å²) >= 11 is 3.37. The Hall–Kier alpha value is -0.670. The summed E-state index contributed by atoms with van der Waals surface area (Å²) in [7, 11) is 1.70. The monoisotopic (exact) mass is 257 g/mol. The van der Waals surface area contributed by atoms with E-state index in [0.29, 0.717) is 0 Å². The Labute approximate surface area is 93.9 Å². The molecule has 0 radical (unpaired) electrons. The summed E-state index contributed by atoms with van der Waals surface area (Å²) in [5.41, 5.74) is 1.71. The van der Waals surface area contributed by atoms with E-state index in [1.165, 1.54) is 0 Å². The highest BCUT2D eigenvalue weighted by Gasteiger charge is 2.00. The van der Waals surface area contributed by atoms with Crippen molar-refractivity contribution in [2.45, 2.75) is 20.0 Å². The van der Waals surface area contributed by atoms with Crippen molar-refractivity contribution < 1.29 is 5.11 Å². The van der Waals surface area contributed by atoms with Gasteiger partial charge in [0.05, 0.1) is 6.10 Å². The van der Waals surface area contributed by atoms with Crippen LogP contribution in [-0.4, -0.2) is 24.5 Å². The van der Waals surface area contributed by atoms with Crippen LogP contribution in [0.15, 0.2) is 39.4 Å². The summed E-state index contributed by atoms with van der Waals surface area (Å²) < 4.78 is 0.864. The fourth-order valence-electron chi connectivity index (χ4n) is 0.711. The van der Waals surface area contributed by atoms with Crippen LogP contribution in [0.1, 0.15) is 13.8 Å². The van der Waals surface area contributed by atoms with Crippen LogP contribution in [0, 0.1) is 0 Å². The second kappa shape index (κ2) is 6.74. The van der Waals surface area contributed by atoms with E-state index in [0.717, 1.165) is 15.6 Å². The fraction of sp³-hybridized carbons (Fsp3) is 0.364. The molecule has 0 spiro atoms. The first-order valence-corrected chi connectivity index (χ1v) is 5.11. The molecule has 0 fully saturated rings. The van der Waals surface area contributed by atoms with E-state index in [9.17, 15) is 5.11 Å². The van der Waals surface area contributed by atoms with E-state index in [-0.39, 0.29) is 0 Å². The van der Waals surface area contributed by atoms with E-state index in [1.807, 2.05) is 19.1 Å². The van der Waals surface area contributed by atoms with Crippen LogP contribution in [0.4, 0.5) is 0 Å². The van der Waals surface area contributed by atoms with Crippen molar-refractivity contribution >= 4 is 22.1 Å². The minimum atomic E-state index is -0.438. The van der Waals surface area contributed by atoms with Gasteiger partial charge in [-0.2, -0.15) is 0 Å². The lowest BCUT2D eigenvalue weighted by atomic mass is 10.1. The molecule has 0 aliphatic carbocycles. The minimum Gasteiger partial charge on any atom is -0.389 e. The quantitative estimate of drug-likeness (QED) is 0.610. The third kappa shape index (κ3) is 5.14. The van der Waals surface area contributed by atoms with Gasteiger partial charge in [-0.3, -0.25) is 4.99 Å². The van der Waals surface area contributed by atoms with Crippen LogP contribution in [0.25, 0.3) is 0 Å². The van der Waals surface area contributed by atoms with Crippen LogP contribution in [0.2, 0.25) is 0 Å². The van der Waals surface area contributed by atoms with Crippen molar-refractivity contribution in [2.75, 3.05) is 7.05 Å². The van der Waals surface area contributed by atoms with Crippen LogP contribution in [0.3, 0.4) is 0 Å². The van der Waals surface area contributed by atoms with Crippen molar-refractivity contribution in [3.8, 4) is 0 Å². The molecule has 0 saturated heterocycles. The molecular formula is C11H16BrNO. The number of hydrogen-bond donors (Lipinski definition) is 1. The summed E-state index contributed by atoms with van der Waals surface area (Å²) in [5, 5.41) is 9.26. The second-order valence-electron chi connectivity index (χ2n) is 3.01. The summed E-state index contributed by atoms with van der Waals surface area (Å²) in [4.78, 5) is 3.83. The Morgan fingerprint density at radius 1 is 1.57 bits per heavy atom. The third-order valence-corrected chi connectivity index (χ3v) is 2.51. The second-order valence-corrected chi connectivity index (χ2v) is 3.87. The zero-order valence-corrected chi connectivity index (χ0v) is 10.4. The van der Waals surface area contributed by atoms with E-state index >= 15 is 0 Å². The lowest BCUT2D eigenvalue weighted by Crippen LogP contribution is -2.00. The van der Waals surface area contributed by atoms with E-state index in [2.05, 4.69) is 27.5 Å². The summed E-state index contributed by atoms with van der Waals surface area (Å²) in [5.74, 6) is 0. The summed E-state index contributed by atoms with van der Waals surface area (Å²) in [6.07, 6.45) is 4.90. The highest BCUT2D eigenvalue weighted by Crippen LogP contribution is 2.18. The maximum absolute atomic E-state index is 9.26. The molecule has 0 rings (SSSR count). The molecule has 0 aliphatic rings. The van der Waals surface area contributed by atoms with E-state index < -0.39 is 6.10 Å². The average Bonchev–Trinajstić information content (AvgIpc) is 2.13. The Morgan fingerprint density at radius 2 is 2.14 bits per heavy atom. The zero-order valence-electron chi connectivity index (χ0n) is 8.79. The highest BCUT2D eigenvalue weighted by molar-refractivity contribution is 9.12. The predicted octanol–water partition coefficient (Wildman–Crippen LogP) is 2.85. The van der Waals surface area contributed by atoms with Gasteiger partial charge in [-0.05, 0) is 31.1 Å². The first kappa shape index (κ1) is 13.3. The molecule has 2 nitrogen and oxygen atoms in total. The summed E-state index contributed by atoms with van der Waals surface area (Å²) in [6, 6.07) is 0. The van der Waals surface area contributed by atoms with Gasteiger partial charge in [0, 0.05) is 17.7 Å². The van der Waals surface area contributed by atoms with Crippen molar-refractivity contribution in [1.82, 2.24) is 0 Å². The topological polar surface area (TPSA) is 32.6 Å². The Balaban J connectivity index is 4.57. The Kier molecular flexibility index (Phi) is 6.41. The number of aliphatic hydroxyl groups excluding tert-OH is 1. The molecule has 78 valence electrons. The fourth-order valence-corrected chi connectivity index (χ4v) is 0.944. The van der Waals surface area contributed by atoms with Crippen molar-refractivity contribution in [1.29, 1.82) is 0 Å². The van der Waals surface area contributed by atoms with Gasteiger partial charge in [-0.1, -0.05) is 28.6 Å². The highest BCUT2D eigenvalue weighted by atomic mass is 79.9. The molecule has 3 heteroatoms. The lowest BCUT2D eigenvalue weighted by Gasteiger charge is -2.05. The first-order chi connectivity index (χ1) is 6.49. The lowest BCUT2D eigenvalue weighted by molar-refractivity contribution is 0.231. The number of aliphatic hydroxyl groups is 1. The van der Waals surface area contributed by atoms with Crippen LogP contribution < -0.4 is 0 Å². The van der Waals surface area contributed by atoms with Crippen molar-refractivity contribution in [2.24, 2.45) is 4.99 Å². The van der Waals surface area contributed by atoms with Crippen molar-refractivity contribution in [3.05, 3.63) is 34.4 Å². The van der Waals surface area contributed by atoms with Crippen LogP contribution in [-0.2, 0) is 0 Å². The van der Waals surface area contributed by atoms with Gasteiger partial charge in [-0.15, -0.1) is 0 Å². The van der Waals surface area contributed by atoms with Gasteiger partial charge >= 0.3 is 0 Å². The number of hydrogen-bond acceptors (Lipinski definition) is 2. The van der Waals surface area contributed by atoms with Crippen LogP contribution in [0.5, 0.6) is 0 Å². The summed E-state index contributed by atoms with van der Waals surface area (Å²) in [6.45, 7) is 7.46. The number of aliphatic imine (C=N–C) groups is 1. The maximum Gasteiger partial charge on any atom is 0.0722 e. The molecule has 0 aromatic carbocycles. The number of halogens is 1. The normalized spacial score (nSPS) is 16.1. The molecule has 0 aromatic heterocycles. The van der Waals surface area contributed by atoms with Gasteiger partial charge in [0.2, 0.25) is 0 Å². The average molecular weight is 258 g/mol. The number of nitrogens with zero attached hydrogens (tertiary/aromatic N) is 1. The van der Waals surface area contributed by atoms with Crippen molar-refractivity contribution in [3.63, 3.8) is 0 Å². The Bertz CT molecular complexity index is 288. The third-order valence-electron chi connectivity index (χ3n) is 1.74. The first-order valence-electron chi connectivity index (χ1n) is 4.32. The van der Waals surface area contributed by atoms with Gasteiger partial charge in [0.1, 0.15) is 0 Å². The molecular weight excluding hydrogens is 242 g/mol. The Morgan fingerprint density at radius 3 is 2.57 bits per heavy atom. The van der Waals surface area contributed by atoms with Gasteiger partial charge < -0.3 is 5.11 Å². The SMILES string of the molecule is C=C(/C=C(\C)C(C)O)/C(Br)=C\C=NC. The van der Waals surface area contributed by atoms with Crippen LogP contribution >= 0.6 is 15.9 Å². The van der Waals surface area contributed by atoms with Gasteiger partial charge in [0.15, 0.2) is 0 Å². The van der Waals surface area contributed by atoms with E-state index in [1.54, 1.807) is 20.2 Å². The smallest absolute Gasteiger partial charge is 0.0722 e. The molecule has 0 saturated carbocycles. The zero-order chi connectivity index (χ0) is 11.1. The molecule has 1 N–H and O–H groups in total. The van der Waals surface area contributed by atoms with Gasteiger partial charge in [0.25, 0.3) is 0 Å². The largest absolute Gasteiger partial charge is 0.389 e. The molecule has 1 unspecified atom stereocenters. The predicted molar refractivity (Wildman–Crippen MR) is 66.0 cm³/mol. The molecule has 1 atom stereocenters. The molecule has 0 aliphatic heterocycles. The molecule has 0 amide bonds. The maximum atomic E-state index is 9.26. The molecule has 0 heterocycles. The molecule has 0 bridgehead atoms. The number of allylic oxidation sites excluding steroid dienone is 4. The standard InChI is InChI=1S/C11H16BrNO/c1-8(10(3)14)7-9(2)11(12)5-6-13-4/h5-7,10,14H,2H2,1,3-4H3/b8-7+,11-5+,13-6?. The molecule has 14 heavy (non-hydrogen) atoms. The van der Waals surface area contributed by atoms with Gasteiger partial charge in [-0.25, -0.2) is 0 Å². The van der Waals surface area contributed by atoms with E-state index in [4.69, 9.17) is 0 Å². The minimum absolute atomic E-state index is 0.438. The molecule has 0 aromatic rings. The number of rotatable bonds is 4.